The van der Waals surface area contributed by atoms with Crippen molar-refractivity contribution in [3.8, 4) is 0 Å². The van der Waals surface area contributed by atoms with Gasteiger partial charge in [-0.3, -0.25) is 14.5 Å². The van der Waals surface area contributed by atoms with Crippen LogP contribution < -0.4 is 10.6 Å². The van der Waals surface area contributed by atoms with E-state index >= 15 is 0 Å². The van der Waals surface area contributed by atoms with Crippen molar-refractivity contribution < 1.29 is 9.59 Å². The third kappa shape index (κ3) is 6.50. The first kappa shape index (κ1) is 21.6. The molecular weight excluding hydrogens is 350 g/mol. The molecule has 0 spiro atoms. The minimum atomic E-state index is -0.331. The van der Waals surface area contributed by atoms with Gasteiger partial charge in [-0.15, -0.1) is 0 Å². The SMILES string of the molecule is CCN(CC)C(CNC(=O)CC(NC(C)=O)c1ccccc1)c1ccccc1. The summed E-state index contributed by atoms with van der Waals surface area (Å²) in [6.07, 6.45) is 0.212. The van der Waals surface area contributed by atoms with Crippen molar-refractivity contribution in [3.05, 3.63) is 71.8 Å². The quantitative estimate of drug-likeness (QED) is 0.663. The Bertz CT molecular complexity index is 730. The Balaban J connectivity index is 2.05. The predicted molar refractivity (Wildman–Crippen MR) is 113 cm³/mol. The zero-order valence-corrected chi connectivity index (χ0v) is 17.0. The van der Waals surface area contributed by atoms with Gasteiger partial charge in [0.05, 0.1) is 18.5 Å². The van der Waals surface area contributed by atoms with Crippen LogP contribution >= 0.6 is 0 Å². The smallest absolute Gasteiger partial charge is 0.222 e. The van der Waals surface area contributed by atoms with Gasteiger partial charge in [0.25, 0.3) is 0 Å². The molecule has 0 fully saturated rings. The predicted octanol–water partition coefficient (Wildman–Crippen LogP) is 3.45. The Kier molecular flexibility index (Phi) is 8.69. The zero-order chi connectivity index (χ0) is 20.4. The maximum absolute atomic E-state index is 12.7. The highest BCUT2D eigenvalue weighted by atomic mass is 16.2. The van der Waals surface area contributed by atoms with Crippen molar-refractivity contribution in [1.82, 2.24) is 15.5 Å². The Hall–Kier alpha value is -2.66. The minimum Gasteiger partial charge on any atom is -0.354 e. The largest absolute Gasteiger partial charge is 0.354 e. The van der Waals surface area contributed by atoms with Crippen LogP contribution in [0.5, 0.6) is 0 Å². The summed E-state index contributed by atoms with van der Waals surface area (Å²) in [7, 11) is 0. The molecule has 2 rings (SSSR count). The molecule has 0 heterocycles. The maximum atomic E-state index is 12.7. The summed E-state index contributed by atoms with van der Waals surface area (Å²) in [6.45, 7) is 8.08. The van der Waals surface area contributed by atoms with Crippen molar-refractivity contribution in [2.75, 3.05) is 19.6 Å². The molecule has 0 aromatic heterocycles. The van der Waals surface area contributed by atoms with E-state index in [-0.39, 0.29) is 30.3 Å². The van der Waals surface area contributed by atoms with Crippen LogP contribution in [0, 0.1) is 0 Å². The van der Waals surface area contributed by atoms with Gasteiger partial charge in [0.1, 0.15) is 0 Å². The molecular formula is C23H31N3O2. The lowest BCUT2D eigenvalue weighted by molar-refractivity contribution is -0.123. The van der Waals surface area contributed by atoms with E-state index in [0.29, 0.717) is 6.54 Å². The number of rotatable bonds is 10. The molecule has 0 bridgehead atoms. The van der Waals surface area contributed by atoms with Crippen molar-refractivity contribution in [3.63, 3.8) is 0 Å². The first-order chi connectivity index (χ1) is 13.5. The summed E-state index contributed by atoms with van der Waals surface area (Å²) >= 11 is 0. The molecule has 2 atom stereocenters. The van der Waals surface area contributed by atoms with Crippen LogP contribution in [0.15, 0.2) is 60.7 Å². The number of carbonyl (C=O) groups is 2. The van der Waals surface area contributed by atoms with Crippen molar-refractivity contribution in [2.24, 2.45) is 0 Å². The summed E-state index contributed by atoms with van der Waals surface area (Å²) in [4.78, 5) is 26.6. The summed E-state index contributed by atoms with van der Waals surface area (Å²) in [6, 6.07) is 19.6. The Morgan fingerprint density at radius 3 is 1.93 bits per heavy atom. The second-order valence-electron chi connectivity index (χ2n) is 6.82. The highest BCUT2D eigenvalue weighted by molar-refractivity contribution is 5.79. The first-order valence-electron chi connectivity index (χ1n) is 9.92. The van der Waals surface area contributed by atoms with Crippen LogP contribution in [-0.2, 0) is 9.59 Å². The van der Waals surface area contributed by atoms with E-state index in [0.717, 1.165) is 18.7 Å². The summed E-state index contributed by atoms with van der Waals surface area (Å²) in [5.41, 5.74) is 2.11. The molecule has 2 unspecified atom stereocenters. The summed E-state index contributed by atoms with van der Waals surface area (Å²) in [5, 5.41) is 5.95. The summed E-state index contributed by atoms with van der Waals surface area (Å²) < 4.78 is 0. The van der Waals surface area contributed by atoms with E-state index in [2.05, 4.69) is 41.5 Å². The van der Waals surface area contributed by atoms with Gasteiger partial charge in [0, 0.05) is 13.5 Å². The van der Waals surface area contributed by atoms with Crippen LogP contribution in [0.1, 0.15) is 50.4 Å². The van der Waals surface area contributed by atoms with Crippen LogP contribution in [0.3, 0.4) is 0 Å². The molecule has 0 aliphatic heterocycles. The molecule has 2 N–H and O–H groups in total. The molecule has 0 saturated heterocycles. The van der Waals surface area contributed by atoms with Gasteiger partial charge in [-0.1, -0.05) is 74.5 Å². The second kappa shape index (κ2) is 11.2. The normalized spacial score (nSPS) is 13.0. The highest BCUT2D eigenvalue weighted by Gasteiger charge is 2.21. The molecule has 2 aromatic rings. The van der Waals surface area contributed by atoms with Gasteiger partial charge < -0.3 is 10.6 Å². The van der Waals surface area contributed by atoms with Crippen molar-refractivity contribution >= 4 is 11.8 Å². The molecule has 5 heteroatoms. The standard InChI is InChI=1S/C23H31N3O2/c1-4-26(5-2)22(20-14-10-7-11-15-20)17-24-23(28)16-21(25-18(3)27)19-12-8-6-9-13-19/h6-15,21-22H,4-5,16-17H2,1-3H3,(H,24,28)(H,25,27). The van der Waals surface area contributed by atoms with Crippen LogP contribution in [0.25, 0.3) is 0 Å². The van der Waals surface area contributed by atoms with Gasteiger partial charge in [0.2, 0.25) is 11.8 Å². The number of nitrogens with one attached hydrogen (secondary N) is 2. The Morgan fingerprint density at radius 2 is 1.43 bits per heavy atom. The van der Waals surface area contributed by atoms with Gasteiger partial charge >= 0.3 is 0 Å². The number of likely N-dealkylation sites (N-methyl/N-ethyl adjacent to an activating group) is 1. The van der Waals surface area contributed by atoms with E-state index < -0.39 is 0 Å². The fourth-order valence-corrected chi connectivity index (χ4v) is 3.45. The van der Waals surface area contributed by atoms with E-state index in [4.69, 9.17) is 0 Å². The molecule has 150 valence electrons. The Morgan fingerprint density at radius 1 is 0.893 bits per heavy atom. The fraction of sp³-hybridized carbons (Fsp3) is 0.391. The number of benzene rings is 2. The fourth-order valence-electron chi connectivity index (χ4n) is 3.45. The molecule has 2 amide bonds. The van der Waals surface area contributed by atoms with Crippen LogP contribution in [0.2, 0.25) is 0 Å². The number of amides is 2. The topological polar surface area (TPSA) is 61.4 Å². The van der Waals surface area contributed by atoms with E-state index in [1.54, 1.807) is 0 Å². The number of hydrogen-bond donors (Lipinski definition) is 2. The molecule has 0 aliphatic carbocycles. The summed E-state index contributed by atoms with van der Waals surface area (Å²) in [5.74, 6) is -0.220. The average Bonchev–Trinajstić information content (AvgIpc) is 2.71. The number of carbonyl (C=O) groups excluding carboxylic acids is 2. The van der Waals surface area contributed by atoms with Crippen molar-refractivity contribution in [2.45, 2.75) is 39.3 Å². The molecule has 0 saturated carbocycles. The zero-order valence-electron chi connectivity index (χ0n) is 17.0. The number of nitrogens with zero attached hydrogens (tertiary/aromatic N) is 1. The number of hydrogen-bond acceptors (Lipinski definition) is 3. The lowest BCUT2D eigenvalue weighted by Gasteiger charge is -2.30. The van der Waals surface area contributed by atoms with Gasteiger partial charge in [0.15, 0.2) is 0 Å². The second-order valence-corrected chi connectivity index (χ2v) is 6.82. The Labute approximate surface area is 168 Å². The molecule has 5 nitrogen and oxygen atoms in total. The maximum Gasteiger partial charge on any atom is 0.222 e. The van der Waals surface area contributed by atoms with Gasteiger partial charge in [-0.25, -0.2) is 0 Å². The third-order valence-corrected chi connectivity index (χ3v) is 4.90. The molecule has 2 aromatic carbocycles. The van der Waals surface area contributed by atoms with E-state index in [9.17, 15) is 9.59 Å². The van der Waals surface area contributed by atoms with Crippen LogP contribution in [-0.4, -0.2) is 36.3 Å². The highest BCUT2D eigenvalue weighted by Crippen LogP contribution is 2.20. The average molecular weight is 382 g/mol. The monoisotopic (exact) mass is 381 g/mol. The molecule has 28 heavy (non-hydrogen) atoms. The van der Waals surface area contributed by atoms with Gasteiger partial charge in [-0.2, -0.15) is 0 Å². The molecule has 0 aliphatic rings. The first-order valence-corrected chi connectivity index (χ1v) is 9.92. The lowest BCUT2D eigenvalue weighted by Crippen LogP contribution is -2.39. The third-order valence-electron chi connectivity index (χ3n) is 4.90. The minimum absolute atomic E-state index is 0.0734. The van der Waals surface area contributed by atoms with E-state index in [1.165, 1.54) is 12.5 Å². The molecule has 0 radical (unpaired) electrons. The van der Waals surface area contributed by atoms with Gasteiger partial charge in [-0.05, 0) is 24.2 Å². The van der Waals surface area contributed by atoms with E-state index in [1.807, 2.05) is 48.5 Å². The van der Waals surface area contributed by atoms with Crippen molar-refractivity contribution in [1.29, 1.82) is 0 Å². The van der Waals surface area contributed by atoms with Crippen LogP contribution in [0.4, 0.5) is 0 Å². The lowest BCUT2D eigenvalue weighted by atomic mass is 10.0.